The third-order valence-electron chi connectivity index (χ3n) is 4.52. The summed E-state index contributed by atoms with van der Waals surface area (Å²) < 4.78 is 2.23. The third-order valence-corrected chi connectivity index (χ3v) is 4.52. The summed E-state index contributed by atoms with van der Waals surface area (Å²) in [5, 5.41) is 4.47. The fraction of sp³-hybridized carbons (Fsp3) is 0.190. The summed E-state index contributed by atoms with van der Waals surface area (Å²) in [5.41, 5.74) is 5.27. The van der Waals surface area contributed by atoms with E-state index in [0.29, 0.717) is 12.0 Å². The highest BCUT2D eigenvalue weighted by Crippen LogP contribution is 2.31. The first-order valence-electron chi connectivity index (χ1n) is 8.74. The van der Waals surface area contributed by atoms with Crippen LogP contribution in [0.5, 0.6) is 0 Å². The zero-order valence-corrected chi connectivity index (χ0v) is 15.1. The number of anilines is 2. The molecule has 1 N–H and O–H groups in total. The van der Waals surface area contributed by atoms with Gasteiger partial charge in [-0.25, -0.2) is 9.97 Å². The lowest BCUT2D eigenvalue weighted by molar-refractivity contribution is 0.622. The summed E-state index contributed by atoms with van der Waals surface area (Å²) in [6, 6.07) is 12.5. The van der Waals surface area contributed by atoms with Gasteiger partial charge in [0.05, 0.1) is 17.4 Å². The highest BCUT2D eigenvalue weighted by Gasteiger charge is 2.14. The molecule has 5 nitrogen and oxygen atoms in total. The first-order valence-corrected chi connectivity index (χ1v) is 8.74. The van der Waals surface area contributed by atoms with Crippen LogP contribution in [-0.2, 0) is 0 Å². The number of nitrogens with one attached hydrogen (secondary N) is 1. The number of hydrogen-bond acceptors (Lipinski definition) is 4. The molecule has 0 amide bonds. The third kappa shape index (κ3) is 2.92. The molecular weight excluding hydrogens is 322 g/mol. The Labute approximate surface area is 152 Å². The Hall–Kier alpha value is -3.21. The lowest BCUT2D eigenvalue weighted by Gasteiger charge is -2.09. The molecule has 0 aliphatic heterocycles. The van der Waals surface area contributed by atoms with Crippen molar-refractivity contribution in [1.82, 2.24) is 19.5 Å². The van der Waals surface area contributed by atoms with Crippen molar-refractivity contribution in [2.45, 2.75) is 26.8 Å². The first-order chi connectivity index (χ1) is 12.6. The van der Waals surface area contributed by atoms with Crippen LogP contribution in [0, 0.1) is 6.92 Å². The maximum atomic E-state index is 4.75. The minimum Gasteiger partial charge on any atom is -0.343 e. The number of fused-ring (bicyclic) bond motifs is 1. The molecule has 0 atom stereocenters. The molecular formula is C21H21N5. The number of aromatic nitrogens is 4. The van der Waals surface area contributed by atoms with Crippen LogP contribution in [0.2, 0.25) is 0 Å². The predicted octanol–water partition coefficient (Wildman–Crippen LogP) is 5.13. The summed E-state index contributed by atoms with van der Waals surface area (Å²) >= 11 is 0. The van der Waals surface area contributed by atoms with Crippen LogP contribution in [0.4, 0.5) is 11.6 Å². The van der Waals surface area contributed by atoms with Gasteiger partial charge in [-0.05, 0) is 44.5 Å². The molecule has 4 aromatic rings. The fourth-order valence-electron chi connectivity index (χ4n) is 3.13. The van der Waals surface area contributed by atoms with Gasteiger partial charge < -0.3 is 9.88 Å². The normalized spacial score (nSPS) is 11.2. The van der Waals surface area contributed by atoms with Crippen LogP contribution in [0.3, 0.4) is 0 Å². The van der Waals surface area contributed by atoms with Crippen molar-refractivity contribution >= 4 is 22.5 Å². The van der Waals surface area contributed by atoms with Crippen LogP contribution < -0.4 is 5.32 Å². The lowest BCUT2D eigenvalue weighted by Crippen LogP contribution is -1.99. The van der Waals surface area contributed by atoms with Gasteiger partial charge in [0.2, 0.25) is 5.95 Å². The molecule has 0 spiro atoms. The van der Waals surface area contributed by atoms with Crippen LogP contribution >= 0.6 is 0 Å². The van der Waals surface area contributed by atoms with Gasteiger partial charge in [0.1, 0.15) is 0 Å². The molecule has 130 valence electrons. The summed E-state index contributed by atoms with van der Waals surface area (Å²) in [6.07, 6.45) is 7.68. The lowest BCUT2D eigenvalue weighted by atomic mass is 10.1. The van der Waals surface area contributed by atoms with E-state index in [0.717, 1.165) is 33.4 Å². The van der Waals surface area contributed by atoms with Crippen molar-refractivity contribution in [3.63, 3.8) is 0 Å². The first kappa shape index (κ1) is 16.3. The molecule has 26 heavy (non-hydrogen) atoms. The molecule has 0 aliphatic rings. The quantitative estimate of drug-likeness (QED) is 0.558. The van der Waals surface area contributed by atoms with Crippen molar-refractivity contribution in [1.29, 1.82) is 0 Å². The van der Waals surface area contributed by atoms with E-state index in [1.807, 2.05) is 42.7 Å². The largest absolute Gasteiger partial charge is 0.343 e. The number of para-hydroxylation sites is 1. The zero-order chi connectivity index (χ0) is 18.1. The topological polar surface area (TPSA) is 55.6 Å². The van der Waals surface area contributed by atoms with E-state index in [1.165, 1.54) is 0 Å². The van der Waals surface area contributed by atoms with Crippen LogP contribution in [0.25, 0.3) is 22.2 Å². The van der Waals surface area contributed by atoms with Gasteiger partial charge in [0, 0.05) is 41.3 Å². The minimum atomic E-state index is 0.349. The number of aryl methyl sites for hydroxylation is 1. The smallest absolute Gasteiger partial charge is 0.227 e. The maximum absolute atomic E-state index is 4.75. The molecule has 0 unspecified atom stereocenters. The van der Waals surface area contributed by atoms with Crippen LogP contribution in [0.15, 0.2) is 61.2 Å². The van der Waals surface area contributed by atoms with Crippen molar-refractivity contribution < 1.29 is 0 Å². The van der Waals surface area contributed by atoms with E-state index in [9.17, 15) is 0 Å². The molecule has 0 aliphatic carbocycles. The molecule has 0 saturated carbocycles. The Bertz CT molecular complexity index is 1060. The van der Waals surface area contributed by atoms with Gasteiger partial charge >= 0.3 is 0 Å². The van der Waals surface area contributed by atoms with Crippen molar-refractivity contribution in [2.75, 3.05) is 5.32 Å². The second-order valence-electron chi connectivity index (χ2n) is 6.64. The molecule has 5 heteroatoms. The monoisotopic (exact) mass is 343 g/mol. The molecule has 1 aromatic carbocycles. The summed E-state index contributed by atoms with van der Waals surface area (Å²) in [5.74, 6) is 0.594. The molecule has 0 radical (unpaired) electrons. The Morgan fingerprint density at radius 1 is 1.04 bits per heavy atom. The van der Waals surface area contributed by atoms with Crippen LogP contribution in [-0.4, -0.2) is 19.5 Å². The van der Waals surface area contributed by atoms with Crippen molar-refractivity contribution in [3.8, 4) is 11.3 Å². The Balaban J connectivity index is 1.78. The van der Waals surface area contributed by atoms with Gasteiger partial charge in [-0.1, -0.05) is 18.2 Å². The van der Waals surface area contributed by atoms with Gasteiger partial charge in [-0.2, -0.15) is 0 Å². The average molecular weight is 343 g/mol. The second kappa shape index (κ2) is 6.59. The number of nitrogens with zero attached hydrogens (tertiary/aromatic N) is 4. The van der Waals surface area contributed by atoms with Gasteiger partial charge in [-0.15, -0.1) is 0 Å². The summed E-state index contributed by atoms with van der Waals surface area (Å²) in [6.45, 7) is 6.40. The molecule has 3 aromatic heterocycles. The molecule has 4 rings (SSSR count). The molecule has 0 fully saturated rings. The van der Waals surface area contributed by atoms with E-state index < -0.39 is 0 Å². The standard InChI is InChI=1S/C21H21N5/c1-14(2)26-13-17(16-8-10-22-12-20(16)26)19-9-11-23-21(25-19)24-18-7-5-4-6-15(18)3/h4-14H,1-3H3,(H,23,24,25). The van der Waals surface area contributed by atoms with E-state index in [-0.39, 0.29) is 0 Å². The Morgan fingerprint density at radius 3 is 2.69 bits per heavy atom. The van der Waals surface area contributed by atoms with E-state index in [1.54, 1.807) is 6.20 Å². The van der Waals surface area contributed by atoms with Gasteiger partial charge in [0.25, 0.3) is 0 Å². The second-order valence-corrected chi connectivity index (χ2v) is 6.64. The van der Waals surface area contributed by atoms with Crippen LogP contribution in [0.1, 0.15) is 25.5 Å². The van der Waals surface area contributed by atoms with Crippen molar-refractivity contribution in [3.05, 3.63) is 66.7 Å². The summed E-state index contributed by atoms with van der Waals surface area (Å²) in [7, 11) is 0. The van der Waals surface area contributed by atoms with Gasteiger partial charge in [0.15, 0.2) is 0 Å². The minimum absolute atomic E-state index is 0.349. The van der Waals surface area contributed by atoms with E-state index in [4.69, 9.17) is 4.98 Å². The summed E-state index contributed by atoms with van der Waals surface area (Å²) in [4.78, 5) is 13.4. The highest BCUT2D eigenvalue weighted by atomic mass is 15.1. The SMILES string of the molecule is Cc1ccccc1Nc1nccc(-c2cn(C(C)C)c3cnccc23)n1. The molecule has 3 heterocycles. The number of benzene rings is 1. The molecule has 0 bridgehead atoms. The number of pyridine rings is 1. The number of hydrogen-bond donors (Lipinski definition) is 1. The highest BCUT2D eigenvalue weighted by molar-refractivity contribution is 5.94. The fourth-order valence-corrected chi connectivity index (χ4v) is 3.13. The van der Waals surface area contributed by atoms with Crippen molar-refractivity contribution in [2.24, 2.45) is 0 Å². The average Bonchev–Trinajstić information content (AvgIpc) is 3.04. The zero-order valence-electron chi connectivity index (χ0n) is 15.1. The van der Waals surface area contributed by atoms with E-state index >= 15 is 0 Å². The maximum Gasteiger partial charge on any atom is 0.227 e. The van der Waals surface area contributed by atoms with E-state index in [2.05, 4.69) is 52.9 Å². The predicted molar refractivity (Wildman–Crippen MR) is 106 cm³/mol. The number of rotatable bonds is 4. The Kier molecular flexibility index (Phi) is 4.13. The van der Waals surface area contributed by atoms with Gasteiger partial charge in [-0.3, -0.25) is 4.98 Å². The molecule has 0 saturated heterocycles. The Morgan fingerprint density at radius 2 is 1.88 bits per heavy atom.